The fourth-order valence-electron chi connectivity index (χ4n) is 2.34. The average Bonchev–Trinajstić information content (AvgIpc) is 2.42. The van der Waals surface area contributed by atoms with Crippen molar-refractivity contribution in [1.29, 1.82) is 0 Å². The first-order valence-corrected chi connectivity index (χ1v) is 7.24. The van der Waals surface area contributed by atoms with Gasteiger partial charge in [-0.1, -0.05) is 19.1 Å². The predicted molar refractivity (Wildman–Crippen MR) is 84.2 cm³/mol. The molecule has 1 rings (SSSR count). The molecule has 1 atom stereocenters. The van der Waals surface area contributed by atoms with Crippen LogP contribution in [0, 0.1) is 11.6 Å². The van der Waals surface area contributed by atoms with Crippen molar-refractivity contribution in [3.63, 3.8) is 0 Å². The Morgan fingerprint density at radius 3 is 2.19 bits per heavy atom. The van der Waals surface area contributed by atoms with E-state index >= 15 is 0 Å². The lowest BCUT2D eigenvalue weighted by atomic mass is 10.0. The molecular weight excluding hydrogens is 270 g/mol. The molecule has 116 valence electrons. The van der Waals surface area contributed by atoms with Crippen LogP contribution in [0.4, 0.5) is 8.78 Å². The Morgan fingerprint density at radius 2 is 1.71 bits per heavy atom. The molecule has 1 N–H and O–H groups in total. The van der Waals surface area contributed by atoms with Crippen molar-refractivity contribution in [1.82, 2.24) is 10.2 Å². The highest BCUT2D eigenvalue weighted by atomic mass is 19.1. The van der Waals surface area contributed by atoms with Crippen molar-refractivity contribution in [3.8, 4) is 0 Å². The van der Waals surface area contributed by atoms with Crippen molar-refractivity contribution in [2.75, 3.05) is 26.2 Å². The molecule has 0 amide bonds. The van der Waals surface area contributed by atoms with Crippen LogP contribution < -0.4 is 5.32 Å². The number of benzene rings is 1. The standard InChI is InChI=1S/C17H24F2N2/c1-4-8-21(9-5-2)10-7-17(20-6-3)14-11-15(18)13-16(19)12-14/h4-5,11-13,17,20H,1-2,6-10H2,3H3. The van der Waals surface area contributed by atoms with Gasteiger partial charge in [0.05, 0.1) is 0 Å². The zero-order valence-corrected chi connectivity index (χ0v) is 12.6. The average molecular weight is 294 g/mol. The van der Waals surface area contributed by atoms with E-state index in [-0.39, 0.29) is 6.04 Å². The van der Waals surface area contributed by atoms with Crippen molar-refractivity contribution in [2.24, 2.45) is 0 Å². The van der Waals surface area contributed by atoms with Crippen LogP contribution in [-0.2, 0) is 0 Å². The minimum Gasteiger partial charge on any atom is -0.310 e. The molecule has 0 saturated carbocycles. The van der Waals surface area contributed by atoms with Gasteiger partial charge >= 0.3 is 0 Å². The third kappa shape index (κ3) is 6.19. The van der Waals surface area contributed by atoms with E-state index in [0.29, 0.717) is 5.56 Å². The Hall–Kier alpha value is -1.52. The molecule has 0 spiro atoms. The van der Waals surface area contributed by atoms with Gasteiger partial charge in [0.15, 0.2) is 0 Å². The van der Waals surface area contributed by atoms with Crippen molar-refractivity contribution < 1.29 is 8.78 Å². The molecule has 1 aromatic carbocycles. The molecule has 0 aliphatic carbocycles. The second-order valence-corrected chi connectivity index (χ2v) is 4.94. The highest BCUT2D eigenvalue weighted by Crippen LogP contribution is 2.20. The summed E-state index contributed by atoms with van der Waals surface area (Å²) in [4.78, 5) is 2.18. The van der Waals surface area contributed by atoms with Crippen LogP contribution in [0.5, 0.6) is 0 Å². The molecular formula is C17H24F2N2. The number of rotatable bonds is 10. The van der Waals surface area contributed by atoms with Crippen LogP contribution in [-0.4, -0.2) is 31.1 Å². The number of nitrogens with zero attached hydrogens (tertiary/aromatic N) is 1. The van der Waals surface area contributed by atoms with Crippen LogP contribution in [0.25, 0.3) is 0 Å². The van der Waals surface area contributed by atoms with Gasteiger partial charge < -0.3 is 5.32 Å². The molecule has 0 bridgehead atoms. The Kier molecular flexibility index (Phi) is 7.87. The first-order chi connectivity index (χ1) is 10.1. The maximum atomic E-state index is 13.4. The summed E-state index contributed by atoms with van der Waals surface area (Å²) in [6.07, 6.45) is 4.44. The minimum absolute atomic E-state index is 0.0719. The Balaban J connectivity index is 2.76. The highest BCUT2D eigenvalue weighted by molar-refractivity contribution is 5.21. The van der Waals surface area contributed by atoms with E-state index in [4.69, 9.17) is 0 Å². The zero-order chi connectivity index (χ0) is 15.7. The molecule has 0 saturated heterocycles. The maximum Gasteiger partial charge on any atom is 0.126 e. The van der Waals surface area contributed by atoms with Crippen LogP contribution >= 0.6 is 0 Å². The first kappa shape index (κ1) is 17.5. The molecule has 4 heteroatoms. The number of halogens is 2. The molecule has 0 fully saturated rings. The predicted octanol–water partition coefficient (Wildman–Crippen LogP) is 3.68. The normalized spacial score (nSPS) is 12.4. The highest BCUT2D eigenvalue weighted by Gasteiger charge is 2.14. The van der Waals surface area contributed by atoms with Crippen molar-refractivity contribution in [3.05, 3.63) is 60.7 Å². The third-order valence-corrected chi connectivity index (χ3v) is 3.25. The number of hydrogen-bond donors (Lipinski definition) is 1. The monoisotopic (exact) mass is 294 g/mol. The summed E-state index contributed by atoms with van der Waals surface area (Å²) in [6, 6.07) is 3.61. The zero-order valence-electron chi connectivity index (χ0n) is 12.6. The summed E-state index contributed by atoms with van der Waals surface area (Å²) < 4.78 is 26.7. The first-order valence-electron chi connectivity index (χ1n) is 7.24. The lowest BCUT2D eigenvalue weighted by molar-refractivity contribution is 0.308. The van der Waals surface area contributed by atoms with Gasteiger partial charge in [0.2, 0.25) is 0 Å². The molecule has 2 nitrogen and oxygen atoms in total. The second kappa shape index (κ2) is 9.42. The minimum atomic E-state index is -0.540. The van der Waals surface area contributed by atoms with E-state index in [1.54, 1.807) is 0 Å². The third-order valence-electron chi connectivity index (χ3n) is 3.25. The molecule has 0 heterocycles. The Morgan fingerprint density at radius 1 is 1.14 bits per heavy atom. The van der Waals surface area contributed by atoms with Gasteiger partial charge in [-0.2, -0.15) is 0 Å². The van der Waals surface area contributed by atoms with Crippen LogP contribution in [0.2, 0.25) is 0 Å². The molecule has 1 aromatic rings. The van der Waals surface area contributed by atoms with Crippen LogP contribution in [0.1, 0.15) is 24.9 Å². The second-order valence-electron chi connectivity index (χ2n) is 4.94. The van der Waals surface area contributed by atoms with E-state index in [1.165, 1.54) is 12.1 Å². The smallest absolute Gasteiger partial charge is 0.126 e. The summed E-state index contributed by atoms with van der Waals surface area (Å²) in [5, 5.41) is 3.28. The molecule has 0 aliphatic rings. The Bertz CT molecular complexity index is 430. The summed E-state index contributed by atoms with van der Waals surface area (Å²) in [6.45, 7) is 12.5. The lowest BCUT2D eigenvalue weighted by Crippen LogP contribution is -2.30. The van der Waals surface area contributed by atoms with Gasteiger partial charge in [-0.3, -0.25) is 4.90 Å². The van der Waals surface area contributed by atoms with Crippen LogP contribution in [0.3, 0.4) is 0 Å². The van der Waals surface area contributed by atoms with E-state index in [1.807, 2.05) is 19.1 Å². The Labute approximate surface area is 126 Å². The maximum absolute atomic E-state index is 13.4. The van der Waals surface area contributed by atoms with Crippen LogP contribution in [0.15, 0.2) is 43.5 Å². The number of nitrogens with one attached hydrogen (secondary N) is 1. The van der Waals surface area contributed by atoms with Gasteiger partial charge in [0, 0.05) is 31.7 Å². The van der Waals surface area contributed by atoms with Gasteiger partial charge in [0.25, 0.3) is 0 Å². The van der Waals surface area contributed by atoms with E-state index in [2.05, 4.69) is 23.4 Å². The molecule has 21 heavy (non-hydrogen) atoms. The van der Waals surface area contributed by atoms with Crippen molar-refractivity contribution in [2.45, 2.75) is 19.4 Å². The summed E-state index contributed by atoms with van der Waals surface area (Å²) >= 11 is 0. The molecule has 0 aromatic heterocycles. The molecule has 0 radical (unpaired) electrons. The molecule has 1 unspecified atom stereocenters. The van der Waals surface area contributed by atoms with E-state index in [9.17, 15) is 8.78 Å². The van der Waals surface area contributed by atoms with E-state index < -0.39 is 11.6 Å². The van der Waals surface area contributed by atoms with Crippen molar-refractivity contribution >= 4 is 0 Å². The summed E-state index contributed by atoms with van der Waals surface area (Å²) in [5.74, 6) is -1.08. The summed E-state index contributed by atoms with van der Waals surface area (Å²) in [5.41, 5.74) is 0.645. The summed E-state index contributed by atoms with van der Waals surface area (Å²) in [7, 11) is 0. The van der Waals surface area contributed by atoms with E-state index in [0.717, 1.165) is 38.7 Å². The number of hydrogen-bond acceptors (Lipinski definition) is 2. The van der Waals surface area contributed by atoms with Gasteiger partial charge in [-0.15, -0.1) is 13.2 Å². The molecule has 0 aliphatic heterocycles. The topological polar surface area (TPSA) is 15.3 Å². The van der Waals surface area contributed by atoms with Gasteiger partial charge in [0.1, 0.15) is 11.6 Å². The SMILES string of the molecule is C=CCN(CC=C)CCC(NCC)c1cc(F)cc(F)c1. The fraction of sp³-hybridized carbons (Fsp3) is 0.412. The fourth-order valence-corrected chi connectivity index (χ4v) is 2.34. The quantitative estimate of drug-likeness (QED) is 0.662. The van der Waals surface area contributed by atoms with Gasteiger partial charge in [-0.05, 0) is 30.7 Å². The van der Waals surface area contributed by atoms with Gasteiger partial charge in [-0.25, -0.2) is 8.78 Å². The lowest BCUT2D eigenvalue weighted by Gasteiger charge is -2.24. The largest absolute Gasteiger partial charge is 0.310 e.